The van der Waals surface area contributed by atoms with Crippen molar-refractivity contribution in [2.75, 3.05) is 6.61 Å². The minimum absolute atomic E-state index is 0.0179. The summed E-state index contributed by atoms with van der Waals surface area (Å²) in [5.74, 6) is 1.12. The van der Waals surface area contributed by atoms with E-state index in [2.05, 4.69) is 27.7 Å². The Morgan fingerprint density at radius 1 is 1.33 bits per heavy atom. The topological polar surface area (TPSA) is 18.5 Å². The summed E-state index contributed by atoms with van der Waals surface area (Å²) in [6.45, 7) is 9.60. The van der Waals surface area contributed by atoms with Gasteiger partial charge in [-0.2, -0.15) is 0 Å². The molecular formula is C10H18O2. The molecule has 0 spiro atoms. The Labute approximate surface area is 74.2 Å². The lowest BCUT2D eigenvalue weighted by molar-refractivity contribution is -0.154. The van der Waals surface area contributed by atoms with Crippen LogP contribution in [0.4, 0.5) is 0 Å². The first-order valence-electron chi connectivity index (χ1n) is 4.87. The zero-order chi connectivity index (χ0) is 8.93. The van der Waals surface area contributed by atoms with Crippen LogP contribution in [-0.4, -0.2) is 24.4 Å². The fraction of sp³-hybridized carbons (Fsp3) is 1.00. The summed E-state index contributed by atoms with van der Waals surface area (Å²) < 4.78 is 11.7. The second-order valence-electron chi connectivity index (χ2n) is 4.50. The lowest BCUT2D eigenvalue weighted by Crippen LogP contribution is -2.42. The van der Waals surface area contributed by atoms with Gasteiger partial charge in [0.15, 0.2) is 0 Å². The zero-order valence-electron chi connectivity index (χ0n) is 8.33. The van der Waals surface area contributed by atoms with Gasteiger partial charge in [0.25, 0.3) is 0 Å². The van der Waals surface area contributed by atoms with Crippen molar-refractivity contribution in [1.82, 2.24) is 0 Å². The van der Waals surface area contributed by atoms with Crippen molar-refractivity contribution in [3.63, 3.8) is 0 Å². The van der Waals surface area contributed by atoms with Gasteiger partial charge in [0.05, 0.1) is 24.4 Å². The van der Waals surface area contributed by atoms with Crippen LogP contribution in [0.25, 0.3) is 0 Å². The van der Waals surface area contributed by atoms with Crippen LogP contribution in [-0.2, 0) is 9.47 Å². The van der Waals surface area contributed by atoms with E-state index in [-0.39, 0.29) is 11.7 Å². The molecule has 2 heteroatoms. The second-order valence-corrected chi connectivity index (χ2v) is 4.50. The highest BCUT2D eigenvalue weighted by Gasteiger charge is 2.58. The van der Waals surface area contributed by atoms with Crippen molar-refractivity contribution in [3.8, 4) is 0 Å². The van der Waals surface area contributed by atoms with Gasteiger partial charge in [0.2, 0.25) is 0 Å². The molecule has 2 aliphatic rings. The molecule has 70 valence electrons. The van der Waals surface area contributed by atoms with E-state index in [1.807, 2.05) is 0 Å². The molecule has 0 aromatic heterocycles. The molecule has 0 radical (unpaired) electrons. The number of fused-ring (bicyclic) bond motifs is 2. The maximum absolute atomic E-state index is 6.00. The van der Waals surface area contributed by atoms with Crippen LogP contribution in [0.1, 0.15) is 27.7 Å². The van der Waals surface area contributed by atoms with Crippen LogP contribution in [0.2, 0.25) is 0 Å². The molecule has 2 nitrogen and oxygen atoms in total. The highest BCUT2D eigenvalue weighted by molar-refractivity contribution is 5.05. The van der Waals surface area contributed by atoms with E-state index in [1.54, 1.807) is 0 Å². The van der Waals surface area contributed by atoms with Crippen LogP contribution < -0.4 is 0 Å². The molecule has 0 aromatic rings. The first-order valence-corrected chi connectivity index (χ1v) is 4.87. The molecule has 2 fully saturated rings. The molecule has 0 saturated carbocycles. The van der Waals surface area contributed by atoms with Crippen molar-refractivity contribution in [2.24, 2.45) is 11.8 Å². The minimum atomic E-state index is 0.0179. The average molecular weight is 170 g/mol. The molecule has 0 amide bonds. The molecule has 4 atom stereocenters. The fourth-order valence-electron chi connectivity index (χ4n) is 2.71. The van der Waals surface area contributed by atoms with Gasteiger partial charge >= 0.3 is 0 Å². The van der Waals surface area contributed by atoms with Gasteiger partial charge in [0.1, 0.15) is 0 Å². The predicted molar refractivity (Wildman–Crippen MR) is 47.0 cm³/mol. The molecule has 2 bridgehead atoms. The molecule has 2 aliphatic heterocycles. The van der Waals surface area contributed by atoms with Gasteiger partial charge in [-0.25, -0.2) is 0 Å². The van der Waals surface area contributed by atoms with Crippen molar-refractivity contribution in [2.45, 2.75) is 45.5 Å². The summed E-state index contributed by atoms with van der Waals surface area (Å²) >= 11 is 0. The average Bonchev–Trinajstić information content (AvgIpc) is 2.42. The van der Waals surface area contributed by atoms with E-state index in [0.29, 0.717) is 17.9 Å². The standard InChI is InChI=1S/C10H18O2/c1-6(2)10-5-11-9(7(10)3)8(4)12-10/h6-9H,5H2,1-4H3. The summed E-state index contributed by atoms with van der Waals surface area (Å²) in [4.78, 5) is 0. The van der Waals surface area contributed by atoms with E-state index < -0.39 is 0 Å². The van der Waals surface area contributed by atoms with Crippen LogP contribution in [0.5, 0.6) is 0 Å². The van der Waals surface area contributed by atoms with E-state index >= 15 is 0 Å². The third-order valence-electron chi connectivity index (χ3n) is 3.61. The summed E-state index contributed by atoms with van der Waals surface area (Å²) in [6.07, 6.45) is 0.628. The number of hydrogen-bond donors (Lipinski definition) is 0. The van der Waals surface area contributed by atoms with Crippen molar-refractivity contribution >= 4 is 0 Å². The molecule has 0 aromatic carbocycles. The Hall–Kier alpha value is -0.0800. The lowest BCUT2D eigenvalue weighted by atomic mass is 9.81. The van der Waals surface area contributed by atoms with Crippen molar-refractivity contribution < 1.29 is 9.47 Å². The van der Waals surface area contributed by atoms with Crippen molar-refractivity contribution in [3.05, 3.63) is 0 Å². The lowest BCUT2D eigenvalue weighted by Gasteiger charge is -2.34. The monoisotopic (exact) mass is 170 g/mol. The zero-order valence-corrected chi connectivity index (χ0v) is 8.33. The van der Waals surface area contributed by atoms with E-state index in [1.165, 1.54) is 0 Å². The molecule has 2 saturated heterocycles. The number of ether oxygens (including phenoxy) is 2. The fourth-order valence-corrected chi connectivity index (χ4v) is 2.71. The molecule has 2 heterocycles. The van der Waals surface area contributed by atoms with E-state index in [9.17, 15) is 0 Å². The normalized spacial score (nSPS) is 52.2. The van der Waals surface area contributed by atoms with E-state index in [4.69, 9.17) is 9.47 Å². The second kappa shape index (κ2) is 2.46. The Kier molecular flexibility index (Phi) is 1.74. The van der Waals surface area contributed by atoms with Gasteiger partial charge in [-0.05, 0) is 12.8 Å². The molecular weight excluding hydrogens is 152 g/mol. The Balaban J connectivity index is 2.27. The van der Waals surface area contributed by atoms with Gasteiger partial charge in [-0.15, -0.1) is 0 Å². The molecule has 2 rings (SSSR count). The largest absolute Gasteiger partial charge is 0.372 e. The summed E-state index contributed by atoms with van der Waals surface area (Å²) in [5, 5.41) is 0. The summed E-state index contributed by atoms with van der Waals surface area (Å²) in [7, 11) is 0. The molecule has 0 aliphatic carbocycles. The summed E-state index contributed by atoms with van der Waals surface area (Å²) in [6, 6.07) is 0. The number of hydrogen-bond acceptors (Lipinski definition) is 2. The Morgan fingerprint density at radius 3 is 2.25 bits per heavy atom. The smallest absolute Gasteiger partial charge is 0.0993 e. The Bertz CT molecular complexity index is 190. The van der Waals surface area contributed by atoms with Crippen LogP contribution in [0.15, 0.2) is 0 Å². The van der Waals surface area contributed by atoms with Crippen LogP contribution in [0, 0.1) is 11.8 Å². The molecule has 12 heavy (non-hydrogen) atoms. The molecule has 4 unspecified atom stereocenters. The van der Waals surface area contributed by atoms with Crippen molar-refractivity contribution in [1.29, 1.82) is 0 Å². The number of rotatable bonds is 1. The van der Waals surface area contributed by atoms with Gasteiger partial charge in [-0.1, -0.05) is 20.8 Å². The van der Waals surface area contributed by atoms with Gasteiger partial charge in [-0.3, -0.25) is 0 Å². The maximum atomic E-state index is 6.00. The van der Waals surface area contributed by atoms with Gasteiger partial charge < -0.3 is 9.47 Å². The van der Waals surface area contributed by atoms with Crippen LogP contribution >= 0.6 is 0 Å². The Morgan fingerprint density at radius 2 is 2.00 bits per heavy atom. The quantitative estimate of drug-likeness (QED) is 0.597. The highest BCUT2D eigenvalue weighted by Crippen LogP contribution is 2.48. The van der Waals surface area contributed by atoms with E-state index in [0.717, 1.165) is 6.61 Å². The first-order chi connectivity index (χ1) is 5.58. The third kappa shape index (κ3) is 0.826. The van der Waals surface area contributed by atoms with Crippen LogP contribution in [0.3, 0.4) is 0 Å². The highest BCUT2D eigenvalue weighted by atomic mass is 16.6. The SMILES string of the molecule is CC1OC2(C(C)C)COC1C2C. The maximum Gasteiger partial charge on any atom is 0.0993 e. The first kappa shape index (κ1) is 8.52. The molecule has 0 N–H and O–H groups in total. The summed E-state index contributed by atoms with van der Waals surface area (Å²) in [5.41, 5.74) is 0.0179. The predicted octanol–water partition coefficient (Wildman–Crippen LogP) is 1.83. The third-order valence-corrected chi connectivity index (χ3v) is 3.61. The van der Waals surface area contributed by atoms with Gasteiger partial charge in [0, 0.05) is 5.92 Å². The minimum Gasteiger partial charge on any atom is -0.372 e.